The second kappa shape index (κ2) is 6.80. The maximum atomic E-state index is 13.6. The summed E-state index contributed by atoms with van der Waals surface area (Å²) in [5.41, 5.74) is 0.996. The monoisotopic (exact) mass is 385 g/mol. The maximum Gasteiger partial charge on any atom is 0.142 e. The molecule has 7 heteroatoms. The molecule has 1 N–H and O–H groups in total. The van der Waals surface area contributed by atoms with E-state index in [4.69, 9.17) is 58.0 Å². The van der Waals surface area contributed by atoms with Crippen LogP contribution < -0.4 is 5.32 Å². The first-order chi connectivity index (χ1) is 9.81. The topological polar surface area (TPSA) is 12.0 Å². The van der Waals surface area contributed by atoms with Crippen molar-refractivity contribution < 1.29 is 4.39 Å². The summed E-state index contributed by atoms with van der Waals surface area (Å²) in [5.74, 6) is -0.537. The predicted molar refractivity (Wildman–Crippen MR) is 89.9 cm³/mol. The minimum Gasteiger partial charge on any atom is -0.377 e. The van der Waals surface area contributed by atoms with E-state index < -0.39 is 5.82 Å². The number of rotatable bonds is 3. The van der Waals surface area contributed by atoms with Gasteiger partial charge in [0.15, 0.2) is 0 Å². The number of hydrogen-bond donors (Lipinski definition) is 1. The molecule has 0 bridgehead atoms. The van der Waals surface area contributed by atoms with E-state index in [1.54, 1.807) is 13.0 Å². The first kappa shape index (κ1) is 17.0. The van der Waals surface area contributed by atoms with Gasteiger partial charge in [0.1, 0.15) is 5.82 Å². The summed E-state index contributed by atoms with van der Waals surface area (Å²) in [6, 6.07) is 5.40. The average molecular weight is 387 g/mol. The average Bonchev–Trinajstić information content (AvgIpc) is 2.41. The van der Waals surface area contributed by atoms with Crippen molar-refractivity contribution in [2.24, 2.45) is 0 Å². The van der Waals surface area contributed by atoms with Gasteiger partial charge in [-0.05, 0) is 31.2 Å². The van der Waals surface area contributed by atoms with Gasteiger partial charge in [-0.15, -0.1) is 0 Å². The molecule has 0 radical (unpaired) electrons. The zero-order valence-corrected chi connectivity index (χ0v) is 14.4. The normalized spacial score (nSPS) is 12.3. The molecule has 112 valence electrons. The van der Waals surface area contributed by atoms with Crippen molar-refractivity contribution in [3.63, 3.8) is 0 Å². The maximum absolute atomic E-state index is 13.6. The molecule has 21 heavy (non-hydrogen) atoms. The van der Waals surface area contributed by atoms with E-state index in [0.29, 0.717) is 31.3 Å². The van der Waals surface area contributed by atoms with Crippen molar-refractivity contribution in [2.75, 3.05) is 5.32 Å². The highest BCUT2D eigenvalue weighted by Gasteiger charge is 2.18. The fraction of sp³-hybridized carbons (Fsp3) is 0.143. The van der Waals surface area contributed by atoms with Gasteiger partial charge in [-0.3, -0.25) is 0 Å². The van der Waals surface area contributed by atoms with Gasteiger partial charge in [-0.1, -0.05) is 58.0 Å². The molecule has 0 aromatic heterocycles. The summed E-state index contributed by atoms with van der Waals surface area (Å²) in [4.78, 5) is 0. The lowest BCUT2D eigenvalue weighted by Crippen LogP contribution is -2.09. The molecule has 0 heterocycles. The lowest BCUT2D eigenvalue weighted by molar-refractivity contribution is 0.624. The van der Waals surface area contributed by atoms with E-state index >= 15 is 0 Å². The van der Waals surface area contributed by atoms with Crippen LogP contribution >= 0.6 is 58.0 Å². The van der Waals surface area contributed by atoms with Crippen LogP contribution in [0.1, 0.15) is 18.5 Å². The van der Waals surface area contributed by atoms with Crippen molar-refractivity contribution in [2.45, 2.75) is 13.0 Å². The Kier molecular flexibility index (Phi) is 5.50. The molecule has 0 aliphatic heterocycles. The smallest absolute Gasteiger partial charge is 0.142 e. The van der Waals surface area contributed by atoms with Gasteiger partial charge < -0.3 is 5.32 Å². The molecule has 2 aromatic rings. The van der Waals surface area contributed by atoms with Crippen LogP contribution in [0, 0.1) is 5.82 Å². The Labute approximate surface area is 146 Å². The molecule has 0 spiro atoms. The Morgan fingerprint density at radius 1 is 0.905 bits per heavy atom. The third kappa shape index (κ3) is 3.69. The highest BCUT2D eigenvalue weighted by atomic mass is 35.5. The van der Waals surface area contributed by atoms with E-state index in [2.05, 4.69) is 5.32 Å². The summed E-state index contributed by atoms with van der Waals surface area (Å²) >= 11 is 30.0. The molecule has 0 aliphatic rings. The molecule has 2 aromatic carbocycles. The van der Waals surface area contributed by atoms with Crippen molar-refractivity contribution in [1.82, 2.24) is 0 Å². The van der Waals surface area contributed by atoms with Crippen molar-refractivity contribution in [3.8, 4) is 0 Å². The van der Waals surface area contributed by atoms with Gasteiger partial charge in [-0.2, -0.15) is 0 Å². The van der Waals surface area contributed by atoms with Crippen molar-refractivity contribution >= 4 is 63.7 Å². The first-order valence-electron chi connectivity index (χ1n) is 5.85. The number of halogens is 6. The van der Waals surface area contributed by atoms with E-state index in [1.807, 2.05) is 0 Å². The van der Waals surface area contributed by atoms with Crippen LogP contribution in [0.15, 0.2) is 24.3 Å². The molecule has 0 fully saturated rings. The molecule has 1 nitrogen and oxygen atoms in total. The predicted octanol–water partition coefficient (Wildman–Crippen LogP) is 7.27. The van der Waals surface area contributed by atoms with Crippen LogP contribution in [-0.4, -0.2) is 0 Å². The molecular weight excluding hydrogens is 378 g/mol. The second-order valence-electron chi connectivity index (χ2n) is 4.37. The lowest BCUT2D eigenvalue weighted by atomic mass is 10.1. The summed E-state index contributed by atoms with van der Waals surface area (Å²) < 4.78 is 13.6. The van der Waals surface area contributed by atoms with Crippen LogP contribution in [0.4, 0.5) is 10.1 Å². The number of nitrogens with one attached hydrogen (secondary N) is 1. The van der Waals surface area contributed by atoms with Crippen LogP contribution in [0.5, 0.6) is 0 Å². The minimum atomic E-state index is -0.537. The Morgan fingerprint density at radius 2 is 1.52 bits per heavy atom. The lowest BCUT2D eigenvalue weighted by Gasteiger charge is -2.20. The SMILES string of the molecule is CC(Nc1cc(Cl)c(Cl)cc1Cl)c1c(Cl)ccc(F)c1Cl. The van der Waals surface area contributed by atoms with Crippen molar-refractivity contribution in [3.05, 3.63) is 60.8 Å². The van der Waals surface area contributed by atoms with Gasteiger partial charge in [0.05, 0.1) is 31.8 Å². The van der Waals surface area contributed by atoms with Crippen LogP contribution in [0.3, 0.4) is 0 Å². The van der Waals surface area contributed by atoms with E-state index in [1.165, 1.54) is 18.2 Å². The highest BCUT2D eigenvalue weighted by molar-refractivity contribution is 6.44. The van der Waals surface area contributed by atoms with Crippen LogP contribution in [-0.2, 0) is 0 Å². The van der Waals surface area contributed by atoms with Gasteiger partial charge in [0, 0.05) is 10.6 Å². The van der Waals surface area contributed by atoms with Gasteiger partial charge >= 0.3 is 0 Å². The third-order valence-electron chi connectivity index (χ3n) is 2.89. The second-order valence-corrected chi connectivity index (χ2v) is 6.38. The Morgan fingerprint density at radius 3 is 2.19 bits per heavy atom. The quantitative estimate of drug-likeness (QED) is 0.546. The summed E-state index contributed by atoms with van der Waals surface area (Å²) in [6.45, 7) is 1.78. The number of hydrogen-bond acceptors (Lipinski definition) is 1. The zero-order valence-electron chi connectivity index (χ0n) is 10.7. The highest BCUT2D eigenvalue weighted by Crippen LogP contribution is 2.37. The Hall–Kier alpha value is -0.380. The Bertz CT molecular complexity index is 690. The molecule has 0 amide bonds. The van der Waals surface area contributed by atoms with Crippen molar-refractivity contribution in [1.29, 1.82) is 0 Å². The Balaban J connectivity index is 2.37. The summed E-state index contributed by atoms with van der Waals surface area (Å²) in [7, 11) is 0. The molecular formula is C14H9Cl5FN. The van der Waals surface area contributed by atoms with Gasteiger partial charge in [0.2, 0.25) is 0 Å². The summed E-state index contributed by atoms with van der Waals surface area (Å²) in [5, 5.41) is 4.51. The zero-order chi connectivity index (χ0) is 15.7. The molecule has 0 saturated carbocycles. The molecule has 1 atom stereocenters. The minimum absolute atomic E-state index is 0.0290. The molecule has 1 unspecified atom stereocenters. The summed E-state index contributed by atoms with van der Waals surface area (Å²) in [6.07, 6.45) is 0. The molecule has 0 saturated heterocycles. The first-order valence-corrected chi connectivity index (χ1v) is 7.74. The number of benzene rings is 2. The van der Waals surface area contributed by atoms with E-state index in [-0.39, 0.29) is 11.1 Å². The fourth-order valence-electron chi connectivity index (χ4n) is 1.88. The van der Waals surface area contributed by atoms with Crippen LogP contribution in [0.25, 0.3) is 0 Å². The van der Waals surface area contributed by atoms with E-state index in [0.717, 1.165) is 0 Å². The fourth-order valence-corrected chi connectivity index (χ4v) is 3.18. The third-order valence-corrected chi connectivity index (χ3v) is 4.64. The molecule has 0 aliphatic carbocycles. The van der Waals surface area contributed by atoms with Gasteiger partial charge in [0.25, 0.3) is 0 Å². The standard InChI is InChI=1S/C14H9Cl5FN/c1-6(13-7(15)2-3-11(20)14(13)19)21-12-5-9(17)8(16)4-10(12)18/h2-6,21H,1H3. The van der Waals surface area contributed by atoms with Crippen LogP contribution in [0.2, 0.25) is 25.1 Å². The molecule has 2 rings (SSSR count). The largest absolute Gasteiger partial charge is 0.377 e. The number of anilines is 1. The van der Waals surface area contributed by atoms with E-state index in [9.17, 15) is 4.39 Å². The van der Waals surface area contributed by atoms with Gasteiger partial charge in [-0.25, -0.2) is 4.39 Å².